The van der Waals surface area contributed by atoms with Gasteiger partial charge in [0.2, 0.25) is 0 Å². The lowest BCUT2D eigenvalue weighted by atomic mass is 10.1. The highest BCUT2D eigenvalue weighted by Crippen LogP contribution is 2.30. The van der Waals surface area contributed by atoms with E-state index in [0.29, 0.717) is 5.56 Å². The minimum Gasteiger partial charge on any atom is -0.433 e. The number of rotatable bonds is 4. The third kappa shape index (κ3) is 3.90. The van der Waals surface area contributed by atoms with Crippen LogP contribution in [-0.2, 0) is 5.54 Å². The Balaban J connectivity index is 2.31. The molecule has 0 radical (unpaired) electrons. The fraction of sp³-hybridized carbons (Fsp3) is 0.412. The van der Waals surface area contributed by atoms with E-state index in [-0.39, 0.29) is 22.7 Å². The lowest BCUT2D eigenvalue weighted by Crippen LogP contribution is -2.25. The Hall–Kier alpha value is -2.44. The van der Waals surface area contributed by atoms with Gasteiger partial charge >= 0.3 is 6.61 Å². The first-order valence-electron chi connectivity index (χ1n) is 7.52. The molecule has 0 aliphatic heterocycles. The molecule has 7 heteroatoms. The quantitative estimate of drug-likeness (QED) is 0.913. The number of ether oxygens (including phenoxy) is 1. The Kier molecular flexibility index (Phi) is 4.91. The number of nitrogens with zero attached hydrogens (tertiary/aromatic N) is 2. The van der Waals surface area contributed by atoms with Crippen LogP contribution in [0, 0.1) is 13.8 Å². The van der Waals surface area contributed by atoms with E-state index in [0.717, 1.165) is 5.69 Å². The highest BCUT2D eigenvalue weighted by Gasteiger charge is 2.21. The Morgan fingerprint density at radius 3 is 2.50 bits per heavy atom. The van der Waals surface area contributed by atoms with E-state index in [9.17, 15) is 13.6 Å². The van der Waals surface area contributed by atoms with Gasteiger partial charge in [0.05, 0.1) is 11.2 Å². The van der Waals surface area contributed by atoms with Crippen molar-refractivity contribution in [1.82, 2.24) is 9.78 Å². The van der Waals surface area contributed by atoms with Crippen LogP contribution in [0.2, 0.25) is 0 Å². The molecule has 0 spiro atoms. The van der Waals surface area contributed by atoms with Crippen molar-refractivity contribution in [3.8, 4) is 5.75 Å². The monoisotopic (exact) mass is 337 g/mol. The number of para-hydroxylation sites is 1. The van der Waals surface area contributed by atoms with E-state index in [2.05, 4.69) is 15.2 Å². The Morgan fingerprint density at radius 1 is 1.29 bits per heavy atom. The normalized spacial score (nSPS) is 11.7. The van der Waals surface area contributed by atoms with Gasteiger partial charge in [0.1, 0.15) is 5.75 Å². The van der Waals surface area contributed by atoms with E-state index >= 15 is 0 Å². The second kappa shape index (κ2) is 6.59. The number of hydrogen-bond acceptors (Lipinski definition) is 3. The summed E-state index contributed by atoms with van der Waals surface area (Å²) < 4.78 is 31.3. The second-order valence-electron chi connectivity index (χ2n) is 6.53. The minimum atomic E-state index is -2.97. The molecule has 1 heterocycles. The zero-order chi connectivity index (χ0) is 18.1. The number of carbonyl (C=O) groups is 1. The fourth-order valence-electron chi connectivity index (χ4n) is 2.44. The van der Waals surface area contributed by atoms with Crippen molar-refractivity contribution in [2.24, 2.45) is 0 Å². The molecule has 0 atom stereocenters. The van der Waals surface area contributed by atoms with Crippen LogP contribution in [0.4, 0.5) is 14.5 Å². The number of aromatic nitrogens is 2. The molecule has 24 heavy (non-hydrogen) atoms. The maximum absolute atomic E-state index is 12.5. The molecule has 0 saturated carbocycles. The average molecular weight is 337 g/mol. The molecule has 0 unspecified atom stereocenters. The standard InChI is InChI=1S/C17H21F2N3O2/c1-10-7-6-8-13(24-16(18)19)14(10)20-15(23)12-9-11(2)22(21-12)17(3,4)5/h6-9,16H,1-5H3,(H,20,23). The smallest absolute Gasteiger partial charge is 0.387 e. The molecule has 1 aromatic heterocycles. The van der Waals surface area contributed by atoms with Gasteiger partial charge in [0.25, 0.3) is 5.91 Å². The van der Waals surface area contributed by atoms with Crippen molar-refractivity contribution < 1.29 is 18.3 Å². The summed E-state index contributed by atoms with van der Waals surface area (Å²) in [4.78, 5) is 12.5. The van der Waals surface area contributed by atoms with Crippen LogP contribution in [0.3, 0.4) is 0 Å². The molecule has 0 fully saturated rings. The minimum absolute atomic E-state index is 0.0784. The maximum Gasteiger partial charge on any atom is 0.387 e. The van der Waals surface area contributed by atoms with Crippen molar-refractivity contribution in [2.45, 2.75) is 46.8 Å². The third-order valence-electron chi connectivity index (χ3n) is 3.44. The Bertz CT molecular complexity index is 749. The van der Waals surface area contributed by atoms with Crippen molar-refractivity contribution >= 4 is 11.6 Å². The molecule has 0 aliphatic carbocycles. The van der Waals surface area contributed by atoms with E-state index < -0.39 is 12.5 Å². The molecular weight excluding hydrogens is 316 g/mol. The summed E-state index contributed by atoms with van der Waals surface area (Å²) in [6, 6.07) is 6.33. The summed E-state index contributed by atoms with van der Waals surface area (Å²) >= 11 is 0. The zero-order valence-corrected chi connectivity index (χ0v) is 14.4. The lowest BCUT2D eigenvalue weighted by molar-refractivity contribution is -0.0493. The van der Waals surface area contributed by atoms with E-state index in [4.69, 9.17) is 0 Å². The number of aryl methyl sites for hydroxylation is 2. The number of amides is 1. The summed E-state index contributed by atoms with van der Waals surface area (Å²) in [7, 11) is 0. The SMILES string of the molecule is Cc1cccc(OC(F)F)c1NC(=O)c1cc(C)n(C(C)(C)C)n1. The number of alkyl halides is 2. The number of halogens is 2. The second-order valence-corrected chi connectivity index (χ2v) is 6.53. The number of hydrogen-bond donors (Lipinski definition) is 1. The summed E-state index contributed by atoms with van der Waals surface area (Å²) in [5.41, 5.74) is 1.62. The first kappa shape index (κ1) is 17.9. The topological polar surface area (TPSA) is 56.1 Å². The van der Waals surface area contributed by atoms with Gasteiger partial charge in [-0.2, -0.15) is 13.9 Å². The van der Waals surface area contributed by atoms with Crippen LogP contribution in [0.15, 0.2) is 24.3 Å². The van der Waals surface area contributed by atoms with Gasteiger partial charge in [0.15, 0.2) is 5.69 Å². The Labute approximate surface area is 139 Å². The molecular formula is C17H21F2N3O2. The van der Waals surface area contributed by atoms with E-state index in [1.807, 2.05) is 27.7 Å². The fourth-order valence-corrected chi connectivity index (χ4v) is 2.44. The summed E-state index contributed by atoms with van der Waals surface area (Å²) in [6.45, 7) is 6.52. The number of anilines is 1. The molecule has 0 aliphatic rings. The van der Waals surface area contributed by atoms with E-state index in [1.54, 1.807) is 29.8 Å². The molecule has 0 saturated heterocycles. The van der Waals surface area contributed by atoms with Crippen LogP contribution in [0.25, 0.3) is 0 Å². The number of benzene rings is 1. The molecule has 1 amide bonds. The first-order chi connectivity index (χ1) is 11.1. The van der Waals surface area contributed by atoms with Gasteiger partial charge in [-0.3, -0.25) is 9.48 Å². The molecule has 5 nitrogen and oxygen atoms in total. The first-order valence-corrected chi connectivity index (χ1v) is 7.52. The van der Waals surface area contributed by atoms with Crippen LogP contribution in [0.1, 0.15) is 42.5 Å². The summed E-state index contributed by atoms with van der Waals surface area (Å²) in [6.07, 6.45) is 0. The predicted octanol–water partition coefficient (Wildman–Crippen LogP) is 4.11. The van der Waals surface area contributed by atoms with E-state index in [1.165, 1.54) is 6.07 Å². The van der Waals surface area contributed by atoms with Crippen molar-refractivity contribution in [3.05, 3.63) is 41.2 Å². The predicted molar refractivity (Wildman–Crippen MR) is 87.7 cm³/mol. The Morgan fingerprint density at radius 2 is 1.96 bits per heavy atom. The molecule has 130 valence electrons. The van der Waals surface area contributed by atoms with Crippen LogP contribution in [0.5, 0.6) is 5.75 Å². The van der Waals surface area contributed by atoms with Crippen molar-refractivity contribution in [2.75, 3.05) is 5.32 Å². The van der Waals surface area contributed by atoms with Gasteiger partial charge in [-0.05, 0) is 52.3 Å². The van der Waals surface area contributed by atoms with Crippen LogP contribution < -0.4 is 10.1 Å². The summed E-state index contributed by atoms with van der Waals surface area (Å²) in [5, 5.41) is 6.93. The molecule has 2 rings (SSSR count). The number of nitrogens with one attached hydrogen (secondary N) is 1. The highest BCUT2D eigenvalue weighted by atomic mass is 19.3. The van der Waals surface area contributed by atoms with Crippen LogP contribution in [-0.4, -0.2) is 22.3 Å². The zero-order valence-electron chi connectivity index (χ0n) is 14.4. The van der Waals surface area contributed by atoms with Crippen molar-refractivity contribution in [3.63, 3.8) is 0 Å². The van der Waals surface area contributed by atoms with Crippen LogP contribution >= 0.6 is 0 Å². The van der Waals surface area contributed by atoms with Gasteiger partial charge in [-0.15, -0.1) is 0 Å². The van der Waals surface area contributed by atoms with Gasteiger partial charge < -0.3 is 10.1 Å². The summed E-state index contributed by atoms with van der Waals surface area (Å²) in [5.74, 6) is -0.556. The third-order valence-corrected chi connectivity index (χ3v) is 3.44. The van der Waals surface area contributed by atoms with Crippen molar-refractivity contribution in [1.29, 1.82) is 0 Å². The molecule has 0 bridgehead atoms. The maximum atomic E-state index is 12.5. The number of carbonyl (C=O) groups excluding carboxylic acids is 1. The van der Waals surface area contributed by atoms with Gasteiger partial charge in [0, 0.05) is 5.69 Å². The molecule has 1 N–H and O–H groups in total. The highest BCUT2D eigenvalue weighted by molar-refractivity contribution is 6.04. The average Bonchev–Trinajstić information content (AvgIpc) is 2.84. The largest absolute Gasteiger partial charge is 0.433 e. The lowest BCUT2D eigenvalue weighted by Gasteiger charge is -2.21. The van der Waals surface area contributed by atoms with Gasteiger partial charge in [-0.25, -0.2) is 0 Å². The molecule has 1 aromatic carbocycles. The molecule has 2 aromatic rings. The van der Waals surface area contributed by atoms with Gasteiger partial charge in [-0.1, -0.05) is 12.1 Å².